The molecule has 3 nitrogen and oxygen atoms in total. The maximum Gasteiger partial charge on any atom is 0.269 e. The van der Waals surface area contributed by atoms with Gasteiger partial charge in [0.15, 0.2) is 0 Å². The molecular weight excluding hydrogens is 238 g/mol. The lowest BCUT2D eigenvalue weighted by Gasteiger charge is -2.17. The van der Waals surface area contributed by atoms with Gasteiger partial charge in [0.05, 0.1) is 12.3 Å². The van der Waals surface area contributed by atoms with Crippen molar-refractivity contribution >= 4 is 23.2 Å². The molecule has 1 aliphatic heterocycles. The number of rotatable bonds is 5. The first-order chi connectivity index (χ1) is 8.29. The second kappa shape index (κ2) is 5.82. The highest BCUT2D eigenvalue weighted by molar-refractivity contribution is 6.17. The molecule has 0 fully saturated rings. The molecule has 17 heavy (non-hydrogen) atoms. The van der Waals surface area contributed by atoms with Crippen LogP contribution in [0.5, 0.6) is 0 Å². The van der Waals surface area contributed by atoms with Crippen LogP contribution in [0.25, 0.3) is 0 Å². The Bertz CT molecular complexity index is 421. The van der Waals surface area contributed by atoms with Gasteiger partial charge in [0.25, 0.3) is 5.91 Å². The molecule has 1 aliphatic carbocycles. The minimum Gasteiger partial charge on any atom is -0.494 e. The zero-order chi connectivity index (χ0) is 12.1. The van der Waals surface area contributed by atoms with Crippen molar-refractivity contribution in [2.24, 2.45) is 10.9 Å². The smallest absolute Gasteiger partial charge is 0.269 e. The molecule has 2 aliphatic rings. The lowest BCUT2D eigenvalue weighted by Crippen LogP contribution is -2.17. The van der Waals surface area contributed by atoms with Crippen LogP contribution in [0.3, 0.4) is 0 Å². The molecule has 2 rings (SSSR count). The third-order valence-electron chi connectivity index (χ3n) is 2.58. The van der Waals surface area contributed by atoms with Crippen molar-refractivity contribution < 1.29 is 9.53 Å². The van der Waals surface area contributed by atoms with E-state index in [1.54, 1.807) is 0 Å². The molecule has 0 bridgehead atoms. The first-order valence-corrected chi connectivity index (χ1v) is 6.22. The zero-order valence-corrected chi connectivity index (χ0v) is 10.2. The van der Waals surface area contributed by atoms with Gasteiger partial charge in [0, 0.05) is 23.9 Å². The standard InChI is InChI=1S/C13H14ClNO2/c14-7-1-2-8-17-11-5-3-10-4-6-13(16)15-12(10)9-11/h3-6,9-10H,1-2,7-8H2. The number of carbonyl (C=O) groups excluding carboxylic acids is 1. The third-order valence-corrected chi connectivity index (χ3v) is 2.85. The van der Waals surface area contributed by atoms with Crippen molar-refractivity contribution in [2.45, 2.75) is 12.8 Å². The number of unbranched alkanes of at least 4 members (excludes halogenated alkanes) is 1. The topological polar surface area (TPSA) is 38.7 Å². The third kappa shape index (κ3) is 3.30. The number of carbonyl (C=O) groups is 1. The number of fused-ring (bicyclic) bond motifs is 1. The molecule has 1 atom stereocenters. The van der Waals surface area contributed by atoms with Crippen molar-refractivity contribution in [2.75, 3.05) is 12.5 Å². The summed E-state index contributed by atoms with van der Waals surface area (Å²) in [6, 6.07) is 0. The highest BCUT2D eigenvalue weighted by Crippen LogP contribution is 2.19. The van der Waals surface area contributed by atoms with E-state index < -0.39 is 0 Å². The average molecular weight is 252 g/mol. The van der Waals surface area contributed by atoms with Crippen molar-refractivity contribution in [3.8, 4) is 0 Å². The van der Waals surface area contributed by atoms with Crippen LogP contribution >= 0.6 is 11.6 Å². The van der Waals surface area contributed by atoms with Gasteiger partial charge in [0.2, 0.25) is 0 Å². The van der Waals surface area contributed by atoms with Crippen molar-refractivity contribution in [1.82, 2.24) is 0 Å². The van der Waals surface area contributed by atoms with Crippen LogP contribution in [-0.2, 0) is 9.53 Å². The fourth-order valence-electron chi connectivity index (χ4n) is 1.68. The lowest BCUT2D eigenvalue weighted by atomic mass is 9.95. The summed E-state index contributed by atoms with van der Waals surface area (Å²) in [5, 5.41) is 0. The van der Waals surface area contributed by atoms with E-state index in [2.05, 4.69) is 4.99 Å². The summed E-state index contributed by atoms with van der Waals surface area (Å²) in [6.45, 7) is 0.643. The highest BCUT2D eigenvalue weighted by atomic mass is 35.5. The molecule has 0 saturated heterocycles. The second-order valence-corrected chi connectivity index (χ2v) is 4.29. The molecule has 0 aromatic heterocycles. The highest BCUT2D eigenvalue weighted by Gasteiger charge is 2.18. The van der Waals surface area contributed by atoms with Crippen LogP contribution < -0.4 is 0 Å². The van der Waals surface area contributed by atoms with Gasteiger partial charge in [-0.2, -0.15) is 0 Å². The minimum atomic E-state index is -0.204. The number of hydrogen-bond donors (Lipinski definition) is 0. The monoisotopic (exact) mass is 251 g/mol. The summed E-state index contributed by atoms with van der Waals surface area (Å²) in [5.74, 6) is 1.33. The van der Waals surface area contributed by atoms with Gasteiger partial charge < -0.3 is 4.74 Å². The van der Waals surface area contributed by atoms with Gasteiger partial charge in [-0.25, -0.2) is 4.99 Å². The van der Waals surface area contributed by atoms with Crippen LogP contribution in [0.15, 0.2) is 41.1 Å². The lowest BCUT2D eigenvalue weighted by molar-refractivity contribution is -0.113. The van der Waals surface area contributed by atoms with E-state index in [9.17, 15) is 4.79 Å². The molecule has 90 valence electrons. The molecule has 1 unspecified atom stereocenters. The molecular formula is C13H14ClNO2. The maximum atomic E-state index is 11.1. The largest absolute Gasteiger partial charge is 0.494 e. The molecule has 1 heterocycles. The molecule has 0 radical (unpaired) electrons. The number of halogens is 1. The predicted molar refractivity (Wildman–Crippen MR) is 68.2 cm³/mol. The first kappa shape index (κ1) is 12.1. The predicted octanol–water partition coefficient (Wildman–Crippen LogP) is 2.63. The SMILES string of the molecule is O=C1C=CC2C=CC(OCCCCCl)=CC2=N1. The first-order valence-electron chi connectivity index (χ1n) is 5.69. The Morgan fingerprint density at radius 3 is 2.94 bits per heavy atom. The number of alkyl halides is 1. The fourth-order valence-corrected chi connectivity index (χ4v) is 1.87. The summed E-state index contributed by atoms with van der Waals surface area (Å²) < 4.78 is 5.57. The molecule has 0 saturated carbocycles. The van der Waals surface area contributed by atoms with E-state index >= 15 is 0 Å². The molecule has 0 N–H and O–H groups in total. The van der Waals surface area contributed by atoms with E-state index in [0.717, 1.165) is 24.3 Å². The van der Waals surface area contributed by atoms with E-state index in [1.807, 2.05) is 24.3 Å². The van der Waals surface area contributed by atoms with Crippen LogP contribution in [-0.4, -0.2) is 24.1 Å². The number of amides is 1. The quantitative estimate of drug-likeness (QED) is 0.557. The molecule has 0 aromatic carbocycles. The summed E-state index contributed by atoms with van der Waals surface area (Å²) in [6.07, 6.45) is 11.0. The van der Waals surface area contributed by atoms with E-state index in [4.69, 9.17) is 16.3 Å². The Hall–Kier alpha value is -1.35. The molecule has 0 aromatic rings. The molecule has 0 spiro atoms. The van der Waals surface area contributed by atoms with E-state index in [0.29, 0.717) is 12.5 Å². The average Bonchev–Trinajstić information content (AvgIpc) is 2.34. The van der Waals surface area contributed by atoms with Gasteiger partial charge in [-0.05, 0) is 18.9 Å². The van der Waals surface area contributed by atoms with Crippen molar-refractivity contribution in [3.05, 3.63) is 36.1 Å². The van der Waals surface area contributed by atoms with E-state index in [-0.39, 0.29) is 11.8 Å². The van der Waals surface area contributed by atoms with Crippen LogP contribution in [0.2, 0.25) is 0 Å². The van der Waals surface area contributed by atoms with Gasteiger partial charge >= 0.3 is 0 Å². The summed E-state index contributed by atoms with van der Waals surface area (Å²) in [5.41, 5.74) is 0.757. The number of aliphatic imine (C=N–C) groups is 1. The van der Waals surface area contributed by atoms with Gasteiger partial charge in [0.1, 0.15) is 5.76 Å². The summed E-state index contributed by atoms with van der Waals surface area (Å²) in [7, 11) is 0. The second-order valence-electron chi connectivity index (χ2n) is 3.91. The number of hydrogen-bond acceptors (Lipinski definition) is 2. The summed E-state index contributed by atoms with van der Waals surface area (Å²) in [4.78, 5) is 15.1. The summed E-state index contributed by atoms with van der Waals surface area (Å²) >= 11 is 5.58. The maximum absolute atomic E-state index is 11.1. The van der Waals surface area contributed by atoms with Crippen LogP contribution in [0.1, 0.15) is 12.8 Å². The van der Waals surface area contributed by atoms with Crippen LogP contribution in [0.4, 0.5) is 0 Å². The zero-order valence-electron chi connectivity index (χ0n) is 9.43. The Kier molecular flexibility index (Phi) is 4.15. The number of dihydropyridines is 1. The van der Waals surface area contributed by atoms with E-state index in [1.165, 1.54) is 6.08 Å². The molecule has 1 amide bonds. The van der Waals surface area contributed by atoms with Gasteiger partial charge in [-0.1, -0.05) is 12.2 Å². The number of allylic oxidation sites excluding steroid dienone is 4. The Labute approximate surface area is 106 Å². The Morgan fingerprint density at radius 1 is 1.29 bits per heavy atom. The van der Waals surface area contributed by atoms with Gasteiger partial charge in [-0.15, -0.1) is 11.6 Å². The van der Waals surface area contributed by atoms with Crippen LogP contribution in [0, 0.1) is 5.92 Å². The van der Waals surface area contributed by atoms with Crippen molar-refractivity contribution in [3.63, 3.8) is 0 Å². The number of nitrogens with zero attached hydrogens (tertiary/aromatic N) is 1. The fraction of sp³-hybridized carbons (Fsp3) is 0.385. The number of ether oxygens (including phenoxy) is 1. The Morgan fingerprint density at radius 2 is 2.12 bits per heavy atom. The Balaban J connectivity index is 1.93. The van der Waals surface area contributed by atoms with Crippen molar-refractivity contribution in [1.29, 1.82) is 0 Å². The van der Waals surface area contributed by atoms with Gasteiger partial charge in [-0.3, -0.25) is 4.79 Å². The minimum absolute atomic E-state index is 0.114. The normalized spacial score (nSPS) is 21.9. The molecule has 4 heteroatoms.